The highest BCUT2D eigenvalue weighted by Crippen LogP contribution is 2.26. The maximum atomic E-state index is 6.06. The molecule has 17 heavy (non-hydrogen) atoms. The quantitative estimate of drug-likeness (QED) is 0.730. The highest BCUT2D eigenvalue weighted by molar-refractivity contribution is 5.83. The lowest BCUT2D eigenvalue weighted by atomic mass is 9.98. The summed E-state index contributed by atoms with van der Waals surface area (Å²) in [5.74, 6) is 1.02. The minimum atomic E-state index is 0.435. The monoisotopic (exact) mass is 226 g/mol. The van der Waals surface area contributed by atoms with E-state index in [0.29, 0.717) is 6.10 Å². The van der Waals surface area contributed by atoms with E-state index in [9.17, 15) is 0 Å². The zero-order valence-corrected chi connectivity index (χ0v) is 10.1. The largest absolute Gasteiger partial charge is 0.490 e. The Morgan fingerprint density at radius 1 is 0.824 bits per heavy atom. The van der Waals surface area contributed by atoms with Crippen LogP contribution in [-0.4, -0.2) is 6.10 Å². The molecular weight excluding hydrogens is 208 g/mol. The van der Waals surface area contributed by atoms with Gasteiger partial charge in [0.2, 0.25) is 0 Å². The Bertz CT molecular complexity index is 498. The van der Waals surface area contributed by atoms with Crippen LogP contribution in [0.5, 0.6) is 5.75 Å². The zero-order valence-electron chi connectivity index (χ0n) is 10.1. The van der Waals surface area contributed by atoms with Gasteiger partial charge >= 0.3 is 0 Å². The van der Waals surface area contributed by atoms with Gasteiger partial charge in [-0.25, -0.2) is 0 Å². The molecule has 0 radical (unpaired) electrons. The molecule has 0 heterocycles. The van der Waals surface area contributed by atoms with Gasteiger partial charge in [-0.15, -0.1) is 0 Å². The molecule has 0 N–H and O–H groups in total. The Labute approximate surface area is 102 Å². The molecule has 0 saturated heterocycles. The van der Waals surface area contributed by atoms with E-state index < -0.39 is 0 Å². The van der Waals surface area contributed by atoms with E-state index >= 15 is 0 Å². The third-order valence-corrected chi connectivity index (χ3v) is 3.58. The fourth-order valence-electron chi connectivity index (χ4n) is 2.62. The van der Waals surface area contributed by atoms with Crippen molar-refractivity contribution in [3.8, 4) is 5.75 Å². The molecule has 1 fully saturated rings. The molecule has 0 atom stereocenters. The third-order valence-electron chi connectivity index (χ3n) is 3.58. The lowest BCUT2D eigenvalue weighted by Crippen LogP contribution is -2.19. The molecule has 0 aromatic heterocycles. The highest BCUT2D eigenvalue weighted by atomic mass is 16.5. The molecule has 1 aliphatic rings. The first kappa shape index (κ1) is 10.6. The summed E-state index contributed by atoms with van der Waals surface area (Å²) in [5, 5.41) is 2.55. The molecule has 0 amide bonds. The van der Waals surface area contributed by atoms with E-state index in [1.165, 1.54) is 42.9 Å². The van der Waals surface area contributed by atoms with Crippen LogP contribution >= 0.6 is 0 Å². The van der Waals surface area contributed by atoms with Crippen molar-refractivity contribution >= 4 is 10.8 Å². The van der Waals surface area contributed by atoms with Crippen molar-refractivity contribution in [2.24, 2.45) is 0 Å². The zero-order chi connectivity index (χ0) is 11.5. The van der Waals surface area contributed by atoms with Crippen LogP contribution in [0, 0.1) is 0 Å². The number of fused-ring (bicyclic) bond motifs is 1. The van der Waals surface area contributed by atoms with Crippen molar-refractivity contribution in [2.45, 2.75) is 38.2 Å². The van der Waals surface area contributed by atoms with E-state index in [1.54, 1.807) is 0 Å². The third kappa shape index (κ3) is 2.44. The molecule has 1 aliphatic carbocycles. The molecule has 1 saturated carbocycles. The number of hydrogen-bond donors (Lipinski definition) is 0. The van der Waals surface area contributed by atoms with Gasteiger partial charge in [0.05, 0.1) is 6.10 Å². The summed E-state index contributed by atoms with van der Waals surface area (Å²) < 4.78 is 6.06. The van der Waals surface area contributed by atoms with Crippen LogP contribution in [0.2, 0.25) is 0 Å². The first-order chi connectivity index (χ1) is 8.42. The van der Waals surface area contributed by atoms with Gasteiger partial charge in [0.25, 0.3) is 0 Å². The molecular formula is C16H18O. The second kappa shape index (κ2) is 4.79. The van der Waals surface area contributed by atoms with Gasteiger partial charge in [-0.05, 0) is 48.6 Å². The van der Waals surface area contributed by atoms with Crippen LogP contribution < -0.4 is 4.74 Å². The summed E-state index contributed by atoms with van der Waals surface area (Å²) in [4.78, 5) is 0. The van der Waals surface area contributed by atoms with Crippen LogP contribution in [0.15, 0.2) is 42.5 Å². The predicted molar refractivity (Wildman–Crippen MR) is 71.4 cm³/mol. The van der Waals surface area contributed by atoms with Gasteiger partial charge in [-0.3, -0.25) is 0 Å². The van der Waals surface area contributed by atoms with Crippen molar-refractivity contribution in [1.29, 1.82) is 0 Å². The summed E-state index contributed by atoms with van der Waals surface area (Å²) in [6, 6.07) is 14.8. The molecule has 0 bridgehead atoms. The topological polar surface area (TPSA) is 9.23 Å². The normalized spacial score (nSPS) is 17.2. The molecule has 1 heteroatoms. The second-order valence-corrected chi connectivity index (χ2v) is 4.89. The van der Waals surface area contributed by atoms with Gasteiger partial charge in [0.15, 0.2) is 0 Å². The molecule has 0 aliphatic heterocycles. The van der Waals surface area contributed by atoms with Crippen LogP contribution in [0.25, 0.3) is 10.8 Å². The fourth-order valence-corrected chi connectivity index (χ4v) is 2.62. The summed E-state index contributed by atoms with van der Waals surface area (Å²) in [6.45, 7) is 0. The fraction of sp³-hybridized carbons (Fsp3) is 0.375. The smallest absolute Gasteiger partial charge is 0.120 e. The van der Waals surface area contributed by atoms with Crippen LogP contribution in [0.1, 0.15) is 32.1 Å². The van der Waals surface area contributed by atoms with Gasteiger partial charge in [-0.1, -0.05) is 36.8 Å². The number of benzene rings is 2. The second-order valence-electron chi connectivity index (χ2n) is 4.89. The lowest BCUT2D eigenvalue weighted by Gasteiger charge is -2.23. The Balaban J connectivity index is 1.80. The Morgan fingerprint density at radius 2 is 1.59 bits per heavy atom. The lowest BCUT2D eigenvalue weighted by molar-refractivity contribution is 0.155. The summed E-state index contributed by atoms with van der Waals surface area (Å²) in [6.07, 6.45) is 6.87. The van der Waals surface area contributed by atoms with E-state index in [1.807, 2.05) is 0 Å². The molecule has 0 unspecified atom stereocenters. The molecule has 2 aromatic carbocycles. The molecule has 1 nitrogen and oxygen atoms in total. The van der Waals surface area contributed by atoms with E-state index in [0.717, 1.165) is 5.75 Å². The van der Waals surface area contributed by atoms with Gasteiger partial charge < -0.3 is 4.74 Å². The molecule has 0 spiro atoms. The number of rotatable bonds is 2. The van der Waals surface area contributed by atoms with Crippen LogP contribution in [-0.2, 0) is 0 Å². The minimum absolute atomic E-state index is 0.435. The number of hydrogen-bond acceptors (Lipinski definition) is 1. The average molecular weight is 226 g/mol. The summed E-state index contributed by atoms with van der Waals surface area (Å²) in [5.41, 5.74) is 0. The first-order valence-electron chi connectivity index (χ1n) is 6.57. The molecule has 88 valence electrons. The minimum Gasteiger partial charge on any atom is -0.490 e. The van der Waals surface area contributed by atoms with Crippen molar-refractivity contribution in [2.75, 3.05) is 0 Å². The summed E-state index contributed by atoms with van der Waals surface area (Å²) >= 11 is 0. The van der Waals surface area contributed by atoms with E-state index in [4.69, 9.17) is 4.74 Å². The van der Waals surface area contributed by atoms with Gasteiger partial charge in [-0.2, -0.15) is 0 Å². The van der Waals surface area contributed by atoms with Crippen molar-refractivity contribution in [1.82, 2.24) is 0 Å². The average Bonchev–Trinajstić information content (AvgIpc) is 2.40. The summed E-state index contributed by atoms with van der Waals surface area (Å²) in [7, 11) is 0. The number of ether oxygens (including phenoxy) is 1. The van der Waals surface area contributed by atoms with Crippen molar-refractivity contribution in [3.05, 3.63) is 42.5 Å². The Hall–Kier alpha value is -1.50. The predicted octanol–water partition coefficient (Wildman–Crippen LogP) is 4.55. The van der Waals surface area contributed by atoms with Crippen LogP contribution in [0.4, 0.5) is 0 Å². The van der Waals surface area contributed by atoms with E-state index in [2.05, 4.69) is 42.5 Å². The standard InChI is InChI=1S/C16H18O/c1-2-8-15(9-3-1)17-16-11-10-13-6-4-5-7-14(13)12-16/h4-7,10-12,15H,1-3,8-9H2. The maximum Gasteiger partial charge on any atom is 0.120 e. The van der Waals surface area contributed by atoms with Crippen LogP contribution in [0.3, 0.4) is 0 Å². The highest BCUT2D eigenvalue weighted by Gasteiger charge is 2.14. The van der Waals surface area contributed by atoms with Gasteiger partial charge in [0.1, 0.15) is 5.75 Å². The van der Waals surface area contributed by atoms with Crippen molar-refractivity contribution in [3.63, 3.8) is 0 Å². The Kier molecular flexibility index (Phi) is 3.00. The molecule has 3 rings (SSSR count). The Morgan fingerprint density at radius 3 is 2.41 bits per heavy atom. The van der Waals surface area contributed by atoms with Crippen molar-refractivity contribution < 1.29 is 4.74 Å². The first-order valence-corrected chi connectivity index (χ1v) is 6.57. The van der Waals surface area contributed by atoms with Gasteiger partial charge in [0, 0.05) is 0 Å². The molecule has 2 aromatic rings. The van der Waals surface area contributed by atoms with E-state index in [-0.39, 0.29) is 0 Å². The SMILES string of the molecule is c1ccc2cc(OC3CCCCC3)ccc2c1. The maximum absolute atomic E-state index is 6.06.